The van der Waals surface area contributed by atoms with E-state index in [2.05, 4.69) is 27.0 Å². The number of nitrogens with zero attached hydrogens (tertiary/aromatic N) is 1. The summed E-state index contributed by atoms with van der Waals surface area (Å²) in [6.07, 6.45) is 2.73. The van der Waals surface area contributed by atoms with Gasteiger partial charge in [0.1, 0.15) is 0 Å². The Morgan fingerprint density at radius 3 is 2.47 bits per heavy atom. The van der Waals surface area contributed by atoms with Crippen LogP contribution in [0.15, 0.2) is 34.9 Å². The number of aryl methyl sites for hydroxylation is 1. The molecule has 19 heavy (non-hydrogen) atoms. The zero-order chi connectivity index (χ0) is 13.9. The van der Waals surface area contributed by atoms with E-state index in [0.29, 0.717) is 11.8 Å². The van der Waals surface area contributed by atoms with Gasteiger partial charge in [-0.25, -0.2) is 4.98 Å². The molecule has 0 aliphatic carbocycles. The Hall–Kier alpha value is -0.0900. The predicted octanol–water partition coefficient (Wildman–Crippen LogP) is 5.17. The molecule has 0 fully saturated rings. The summed E-state index contributed by atoms with van der Waals surface area (Å²) in [4.78, 5) is 5.52. The first-order valence-corrected chi connectivity index (χ1v) is 8.57. The van der Waals surface area contributed by atoms with E-state index in [0.717, 1.165) is 21.5 Å². The summed E-state index contributed by atoms with van der Waals surface area (Å²) in [6, 6.07) is 8.13. The van der Waals surface area contributed by atoms with Gasteiger partial charge in [0, 0.05) is 32.7 Å². The average molecular weight is 379 g/mol. The van der Waals surface area contributed by atoms with Gasteiger partial charge >= 0.3 is 0 Å². The van der Waals surface area contributed by atoms with Crippen LogP contribution in [-0.2, 0) is 11.8 Å². The first-order chi connectivity index (χ1) is 9.11. The van der Waals surface area contributed by atoms with Gasteiger partial charge in [0.15, 0.2) is 0 Å². The van der Waals surface area contributed by atoms with Crippen molar-refractivity contribution in [1.82, 2.24) is 4.98 Å². The van der Waals surface area contributed by atoms with Gasteiger partial charge in [-0.05, 0) is 25.0 Å². The SMILES string of the molecule is Cc1ncc(CC(CCl)(CCl)c2ccccc2Br)s1. The minimum atomic E-state index is -0.262. The smallest absolute Gasteiger partial charge is 0.0896 e. The van der Waals surface area contributed by atoms with Gasteiger partial charge in [-0.3, -0.25) is 0 Å². The van der Waals surface area contributed by atoms with Crippen molar-refractivity contribution in [3.8, 4) is 0 Å². The molecule has 0 N–H and O–H groups in total. The van der Waals surface area contributed by atoms with E-state index in [9.17, 15) is 0 Å². The van der Waals surface area contributed by atoms with E-state index in [4.69, 9.17) is 23.2 Å². The molecule has 0 amide bonds. The molecule has 0 unspecified atom stereocenters. The standard InChI is InChI=1S/C14H14BrCl2NS/c1-10-18-7-11(19-10)6-14(8-16,9-17)12-4-2-3-5-13(12)15/h2-5,7H,6,8-9H2,1H3. The lowest BCUT2D eigenvalue weighted by molar-refractivity contribution is 0.538. The summed E-state index contributed by atoms with van der Waals surface area (Å²) in [5.74, 6) is 0.964. The molecule has 0 aliphatic rings. The summed E-state index contributed by atoms with van der Waals surface area (Å²) in [5.41, 5.74) is 0.897. The molecular formula is C14H14BrCl2NS. The maximum atomic E-state index is 6.27. The fourth-order valence-electron chi connectivity index (χ4n) is 2.08. The normalized spacial score (nSPS) is 11.8. The van der Waals surface area contributed by atoms with Crippen LogP contribution in [0.25, 0.3) is 0 Å². The van der Waals surface area contributed by atoms with Crippen molar-refractivity contribution in [3.63, 3.8) is 0 Å². The zero-order valence-corrected chi connectivity index (χ0v) is 14.4. The van der Waals surface area contributed by atoms with Gasteiger partial charge in [-0.2, -0.15) is 0 Å². The summed E-state index contributed by atoms with van der Waals surface area (Å²) >= 11 is 17.8. The Bertz CT molecular complexity index is 552. The molecule has 1 aromatic carbocycles. The summed E-state index contributed by atoms with van der Waals surface area (Å²) in [6.45, 7) is 2.01. The second kappa shape index (κ2) is 6.57. The average Bonchev–Trinajstić information content (AvgIpc) is 2.82. The summed E-state index contributed by atoms with van der Waals surface area (Å²) in [5, 5.41) is 1.07. The number of thiazole rings is 1. The highest BCUT2D eigenvalue weighted by Gasteiger charge is 2.33. The maximum absolute atomic E-state index is 6.27. The minimum Gasteiger partial charge on any atom is -0.250 e. The van der Waals surface area contributed by atoms with Crippen molar-refractivity contribution >= 4 is 50.5 Å². The molecule has 0 aliphatic heterocycles. The van der Waals surface area contributed by atoms with E-state index >= 15 is 0 Å². The molecule has 0 bridgehead atoms. The number of hydrogen-bond donors (Lipinski definition) is 0. The lowest BCUT2D eigenvalue weighted by atomic mass is 9.81. The second-order valence-electron chi connectivity index (χ2n) is 4.55. The van der Waals surface area contributed by atoms with Gasteiger partial charge in [0.05, 0.1) is 5.01 Å². The van der Waals surface area contributed by atoms with Crippen molar-refractivity contribution in [3.05, 3.63) is 50.4 Å². The lowest BCUT2D eigenvalue weighted by Gasteiger charge is -2.30. The summed E-state index contributed by atoms with van der Waals surface area (Å²) in [7, 11) is 0. The monoisotopic (exact) mass is 377 g/mol. The number of alkyl halides is 2. The highest BCUT2D eigenvalue weighted by molar-refractivity contribution is 9.10. The molecule has 0 atom stereocenters. The number of halogens is 3. The third-order valence-corrected chi connectivity index (χ3v) is 5.77. The molecule has 2 rings (SSSR count). The first-order valence-electron chi connectivity index (χ1n) is 5.89. The van der Waals surface area contributed by atoms with E-state index in [1.807, 2.05) is 31.3 Å². The van der Waals surface area contributed by atoms with Crippen LogP contribution in [-0.4, -0.2) is 16.7 Å². The lowest BCUT2D eigenvalue weighted by Crippen LogP contribution is -2.33. The van der Waals surface area contributed by atoms with Crippen LogP contribution < -0.4 is 0 Å². The Morgan fingerprint density at radius 2 is 1.95 bits per heavy atom. The van der Waals surface area contributed by atoms with Gasteiger partial charge in [0.25, 0.3) is 0 Å². The maximum Gasteiger partial charge on any atom is 0.0896 e. The molecule has 1 nitrogen and oxygen atoms in total. The Balaban J connectivity index is 2.40. The highest BCUT2D eigenvalue weighted by atomic mass is 79.9. The number of benzene rings is 1. The molecule has 0 saturated carbocycles. The van der Waals surface area contributed by atoms with Crippen LogP contribution >= 0.6 is 50.5 Å². The van der Waals surface area contributed by atoms with Crippen LogP contribution in [0.2, 0.25) is 0 Å². The number of aromatic nitrogens is 1. The molecule has 102 valence electrons. The van der Waals surface area contributed by atoms with Gasteiger partial charge < -0.3 is 0 Å². The van der Waals surface area contributed by atoms with E-state index < -0.39 is 0 Å². The Kier molecular flexibility index (Phi) is 5.29. The number of rotatable bonds is 5. The van der Waals surface area contributed by atoms with Crippen molar-refractivity contribution in [1.29, 1.82) is 0 Å². The molecular weight excluding hydrogens is 365 g/mol. The van der Waals surface area contributed by atoms with Crippen LogP contribution in [0.3, 0.4) is 0 Å². The quantitative estimate of drug-likeness (QED) is 0.653. The van der Waals surface area contributed by atoms with Crippen LogP contribution in [0.1, 0.15) is 15.4 Å². The molecule has 5 heteroatoms. The fourth-order valence-corrected chi connectivity index (χ4v) is 4.49. The van der Waals surface area contributed by atoms with Gasteiger partial charge in [0.2, 0.25) is 0 Å². The molecule has 2 aromatic rings. The molecule has 0 saturated heterocycles. The van der Waals surface area contributed by atoms with E-state index in [1.54, 1.807) is 11.3 Å². The minimum absolute atomic E-state index is 0.262. The van der Waals surface area contributed by atoms with Crippen molar-refractivity contribution in [2.24, 2.45) is 0 Å². The van der Waals surface area contributed by atoms with Crippen molar-refractivity contribution < 1.29 is 0 Å². The topological polar surface area (TPSA) is 12.9 Å². The third kappa shape index (κ3) is 3.33. The molecule has 1 heterocycles. The molecule has 1 aromatic heterocycles. The first kappa shape index (κ1) is 15.3. The van der Waals surface area contributed by atoms with Crippen molar-refractivity contribution in [2.45, 2.75) is 18.8 Å². The zero-order valence-electron chi connectivity index (χ0n) is 10.5. The van der Waals surface area contributed by atoms with Crippen LogP contribution in [0.5, 0.6) is 0 Å². The van der Waals surface area contributed by atoms with E-state index in [-0.39, 0.29) is 5.41 Å². The highest BCUT2D eigenvalue weighted by Crippen LogP contribution is 2.37. The molecule has 0 spiro atoms. The van der Waals surface area contributed by atoms with Crippen LogP contribution in [0.4, 0.5) is 0 Å². The summed E-state index contributed by atoms with van der Waals surface area (Å²) < 4.78 is 1.05. The van der Waals surface area contributed by atoms with E-state index in [1.165, 1.54) is 4.88 Å². The van der Waals surface area contributed by atoms with Gasteiger partial charge in [-0.15, -0.1) is 34.5 Å². The Morgan fingerprint density at radius 1 is 1.26 bits per heavy atom. The number of hydrogen-bond acceptors (Lipinski definition) is 2. The van der Waals surface area contributed by atoms with Gasteiger partial charge in [-0.1, -0.05) is 34.1 Å². The van der Waals surface area contributed by atoms with Crippen LogP contribution in [0, 0.1) is 6.92 Å². The largest absolute Gasteiger partial charge is 0.250 e. The Labute approximate surface area is 136 Å². The molecule has 0 radical (unpaired) electrons. The fraction of sp³-hybridized carbons (Fsp3) is 0.357. The predicted molar refractivity (Wildman–Crippen MR) is 87.8 cm³/mol. The van der Waals surface area contributed by atoms with Crippen molar-refractivity contribution in [2.75, 3.05) is 11.8 Å². The second-order valence-corrected chi connectivity index (χ2v) is 7.26. The third-order valence-electron chi connectivity index (χ3n) is 3.14.